The first-order valence-electron chi connectivity index (χ1n) is 14.9. The number of alkyl halides is 3. The number of carbonyl (C=O) groups excluding carboxylic acids is 1. The molecule has 0 saturated heterocycles. The van der Waals surface area contributed by atoms with Gasteiger partial charge in [0.05, 0.1) is 32.6 Å². The Morgan fingerprint density at radius 1 is 1.06 bits per heavy atom. The second-order valence-corrected chi connectivity index (χ2v) is 14.5. The quantitative estimate of drug-likeness (QED) is 0.0827. The molecule has 2 aromatic heterocycles. The van der Waals surface area contributed by atoms with E-state index in [4.69, 9.17) is 11.1 Å². The van der Waals surface area contributed by atoms with Crippen LogP contribution in [-0.4, -0.2) is 35.5 Å². The molecule has 2 unspecified atom stereocenters. The molecule has 1 saturated carbocycles. The van der Waals surface area contributed by atoms with Gasteiger partial charge in [0.25, 0.3) is 5.91 Å². The fourth-order valence-corrected chi connectivity index (χ4v) is 6.09. The van der Waals surface area contributed by atoms with Crippen molar-refractivity contribution in [2.45, 2.75) is 62.9 Å². The van der Waals surface area contributed by atoms with Crippen LogP contribution in [-0.2, 0) is 22.7 Å². The van der Waals surface area contributed by atoms with Crippen LogP contribution in [0.1, 0.15) is 79.3 Å². The van der Waals surface area contributed by atoms with Gasteiger partial charge in [-0.05, 0) is 81.0 Å². The van der Waals surface area contributed by atoms with Crippen LogP contribution in [0.5, 0.6) is 0 Å². The van der Waals surface area contributed by atoms with Gasteiger partial charge in [-0.3, -0.25) is 15.2 Å². The van der Waals surface area contributed by atoms with E-state index < -0.39 is 50.6 Å². The lowest BCUT2D eigenvalue weighted by atomic mass is 9.80. The number of hydrogen-bond acceptors (Lipinski definition) is 5. The molecule has 4 aromatic rings. The van der Waals surface area contributed by atoms with Gasteiger partial charge in [-0.1, -0.05) is 37.1 Å². The van der Waals surface area contributed by atoms with Crippen LogP contribution in [0.25, 0.3) is 5.69 Å². The van der Waals surface area contributed by atoms with E-state index in [2.05, 4.69) is 20.1 Å². The Morgan fingerprint density at radius 2 is 1.81 bits per heavy atom. The van der Waals surface area contributed by atoms with Gasteiger partial charge < -0.3 is 11.1 Å². The zero-order chi connectivity index (χ0) is 34.1. The number of benzene rings is 2. The lowest BCUT2D eigenvalue weighted by Crippen LogP contribution is -2.49. The first-order chi connectivity index (χ1) is 22.1. The van der Waals surface area contributed by atoms with Crippen LogP contribution in [0.3, 0.4) is 0 Å². The molecule has 0 aliphatic heterocycles. The van der Waals surface area contributed by atoms with Crippen LogP contribution in [0.15, 0.2) is 73.1 Å². The number of aromatic nitrogens is 3. The first kappa shape index (κ1) is 33.9. The Morgan fingerprint density at radius 3 is 2.43 bits per heavy atom. The van der Waals surface area contributed by atoms with Gasteiger partial charge in [-0.2, -0.15) is 18.3 Å². The van der Waals surface area contributed by atoms with Crippen molar-refractivity contribution in [2.24, 2.45) is 11.7 Å². The summed E-state index contributed by atoms with van der Waals surface area (Å²) in [6.07, 6.45) is 1.77. The van der Waals surface area contributed by atoms with Crippen LogP contribution in [0.4, 0.5) is 23.2 Å². The van der Waals surface area contributed by atoms with Gasteiger partial charge in [0.2, 0.25) is 0 Å². The third kappa shape index (κ3) is 7.60. The lowest BCUT2D eigenvalue weighted by Gasteiger charge is -2.38. The number of nitrogens with one attached hydrogen (secondary N) is 3. The maximum absolute atomic E-state index is 15.4. The standard InChI is InChI=1S/C33H35F4N7O2S/c1-31(2,3)47(46)43-32(14-13-20-9-10-20,23-7-5-15-40-19-23)22-11-12-25(34)26(17-22)41-30(45)27-18-28(33(35,36)37)42-44(27)24-8-4-6-21(16-24)29(38)39/h4-8,11-12,15-20,43H,9-10,13-14H2,1-3H3,(H3,38,39)(H,41,45). The van der Waals surface area contributed by atoms with Gasteiger partial charge in [0.15, 0.2) is 5.69 Å². The molecule has 1 aliphatic rings. The number of halogens is 4. The molecular weight excluding hydrogens is 634 g/mol. The van der Waals surface area contributed by atoms with Gasteiger partial charge in [0, 0.05) is 24.0 Å². The molecule has 0 bridgehead atoms. The molecule has 2 atom stereocenters. The highest BCUT2D eigenvalue weighted by Crippen LogP contribution is 2.42. The summed E-state index contributed by atoms with van der Waals surface area (Å²) in [7, 11) is -1.59. The fourth-order valence-electron chi connectivity index (χ4n) is 5.13. The minimum Gasteiger partial charge on any atom is -0.384 e. The average Bonchev–Trinajstić information content (AvgIpc) is 3.73. The topological polar surface area (TPSA) is 139 Å². The van der Waals surface area contributed by atoms with Crippen LogP contribution < -0.4 is 15.8 Å². The summed E-state index contributed by atoms with van der Waals surface area (Å²) < 4.78 is 73.8. The third-order valence-corrected chi connectivity index (χ3v) is 9.59. The number of nitrogen functional groups attached to an aromatic ring is 1. The van der Waals surface area contributed by atoms with E-state index in [1.807, 2.05) is 26.8 Å². The molecule has 248 valence electrons. The average molecular weight is 670 g/mol. The van der Waals surface area contributed by atoms with Crippen molar-refractivity contribution >= 4 is 28.4 Å². The monoisotopic (exact) mass is 669 g/mol. The number of nitrogens with two attached hydrogens (primary N) is 1. The second kappa shape index (κ2) is 13.0. The Bertz CT molecular complexity index is 1820. The first-order valence-corrected chi connectivity index (χ1v) is 16.1. The molecule has 1 fully saturated rings. The van der Waals surface area contributed by atoms with Crippen molar-refractivity contribution in [3.05, 3.63) is 107 Å². The highest BCUT2D eigenvalue weighted by atomic mass is 32.2. The molecule has 1 amide bonds. The number of amidine groups is 1. The summed E-state index contributed by atoms with van der Waals surface area (Å²) in [6, 6.07) is 13.9. The van der Waals surface area contributed by atoms with E-state index in [1.165, 1.54) is 36.4 Å². The van der Waals surface area contributed by atoms with E-state index in [1.54, 1.807) is 18.5 Å². The van der Waals surface area contributed by atoms with Crippen LogP contribution in [0, 0.1) is 17.1 Å². The normalized spacial score (nSPS) is 15.6. The summed E-state index contributed by atoms with van der Waals surface area (Å²) in [5.41, 5.74) is 3.70. The van der Waals surface area contributed by atoms with E-state index >= 15 is 4.39 Å². The molecule has 9 nitrogen and oxygen atoms in total. The van der Waals surface area contributed by atoms with Crippen molar-refractivity contribution in [1.29, 1.82) is 5.41 Å². The number of amides is 1. The van der Waals surface area contributed by atoms with Gasteiger partial charge in [-0.15, -0.1) is 0 Å². The molecule has 14 heteroatoms. The number of nitrogens with zero attached hydrogens (tertiary/aromatic N) is 3. The molecule has 0 radical (unpaired) electrons. The Hall–Kier alpha value is -4.43. The maximum atomic E-state index is 15.4. The third-order valence-electron chi connectivity index (χ3n) is 7.94. The second-order valence-electron chi connectivity index (χ2n) is 12.5. The van der Waals surface area contributed by atoms with Gasteiger partial charge in [-0.25, -0.2) is 18.0 Å². The Balaban J connectivity index is 1.59. The molecule has 1 aliphatic carbocycles. The summed E-state index contributed by atoms with van der Waals surface area (Å²) >= 11 is 0. The Labute approximate surface area is 272 Å². The molecule has 2 heterocycles. The number of hydrogen-bond donors (Lipinski definition) is 4. The number of rotatable bonds is 11. The van der Waals surface area contributed by atoms with Crippen LogP contribution in [0.2, 0.25) is 0 Å². The fraction of sp³-hybridized carbons (Fsp3) is 0.333. The maximum Gasteiger partial charge on any atom is 0.435 e. The summed E-state index contributed by atoms with van der Waals surface area (Å²) in [5, 5.41) is 13.7. The Kier molecular flexibility index (Phi) is 9.38. The number of anilines is 1. The summed E-state index contributed by atoms with van der Waals surface area (Å²) in [5.74, 6) is -1.74. The molecule has 5 N–H and O–H groups in total. The number of pyridine rings is 1. The zero-order valence-corrected chi connectivity index (χ0v) is 26.8. The smallest absolute Gasteiger partial charge is 0.384 e. The highest BCUT2D eigenvalue weighted by molar-refractivity contribution is 7.84. The molecule has 5 rings (SSSR count). The van der Waals surface area contributed by atoms with Crippen molar-refractivity contribution in [1.82, 2.24) is 19.5 Å². The molecule has 2 aromatic carbocycles. The minimum atomic E-state index is -4.89. The predicted octanol–water partition coefficient (Wildman–Crippen LogP) is 6.45. The van der Waals surface area contributed by atoms with Gasteiger partial charge in [0.1, 0.15) is 17.3 Å². The van der Waals surface area contributed by atoms with E-state index in [9.17, 15) is 22.2 Å². The van der Waals surface area contributed by atoms with Gasteiger partial charge >= 0.3 is 6.18 Å². The molecule has 0 spiro atoms. The zero-order valence-electron chi connectivity index (χ0n) is 26.0. The SMILES string of the molecule is CC(C)(C)S(=O)NC(CCC1CC1)(c1cccnc1)c1ccc(F)c(NC(=O)c2cc(C(F)(F)F)nn2-c2cccc(C(=N)N)c2)c1. The van der Waals surface area contributed by atoms with E-state index in [-0.39, 0.29) is 22.8 Å². The van der Waals surface area contributed by atoms with Crippen molar-refractivity contribution in [3.8, 4) is 5.69 Å². The lowest BCUT2D eigenvalue weighted by molar-refractivity contribution is -0.141. The number of carbonyl (C=O) groups is 1. The summed E-state index contributed by atoms with van der Waals surface area (Å²) in [4.78, 5) is 17.9. The van der Waals surface area contributed by atoms with Crippen molar-refractivity contribution < 1.29 is 26.6 Å². The summed E-state index contributed by atoms with van der Waals surface area (Å²) in [6.45, 7) is 5.48. The molecule has 47 heavy (non-hydrogen) atoms. The highest BCUT2D eigenvalue weighted by Gasteiger charge is 2.41. The minimum absolute atomic E-state index is 0.0390. The van der Waals surface area contributed by atoms with E-state index in [0.29, 0.717) is 29.5 Å². The van der Waals surface area contributed by atoms with Crippen LogP contribution >= 0.6 is 0 Å². The largest absolute Gasteiger partial charge is 0.435 e. The van der Waals surface area contributed by atoms with Crippen molar-refractivity contribution in [3.63, 3.8) is 0 Å². The van der Waals surface area contributed by atoms with Crippen molar-refractivity contribution in [2.75, 3.05) is 5.32 Å². The van der Waals surface area contributed by atoms with E-state index in [0.717, 1.165) is 30.0 Å². The predicted molar refractivity (Wildman–Crippen MR) is 172 cm³/mol. The molecular formula is C33H35F4N7O2S.